The molecule has 2 heterocycles. The van der Waals surface area contributed by atoms with E-state index in [9.17, 15) is 9.90 Å². The maximum absolute atomic E-state index is 11.4. The van der Waals surface area contributed by atoms with Crippen molar-refractivity contribution in [2.24, 2.45) is 11.7 Å². The van der Waals surface area contributed by atoms with Crippen molar-refractivity contribution in [3.8, 4) is 17.1 Å². The molecule has 1 aromatic carbocycles. The number of carbonyl (C=O) groups excluding carboxylic acids is 1. The van der Waals surface area contributed by atoms with Gasteiger partial charge in [-0.1, -0.05) is 12.1 Å². The largest absolute Gasteiger partial charge is 0.507 e. The number of carbonyl (C=O) groups is 1. The number of phenols is 1. The Morgan fingerprint density at radius 1 is 1.38 bits per heavy atom. The topological polar surface area (TPSA) is 104 Å². The van der Waals surface area contributed by atoms with Crippen LogP contribution in [-0.4, -0.2) is 52.1 Å². The van der Waals surface area contributed by atoms with Crippen LogP contribution in [0.5, 0.6) is 5.75 Å². The number of aromatic nitrogens is 2. The molecule has 1 aliphatic heterocycles. The first-order chi connectivity index (χ1) is 12.5. The molecule has 0 saturated carbocycles. The van der Waals surface area contributed by atoms with E-state index < -0.39 is 0 Å². The maximum Gasteiger partial charge on any atom is 0.221 e. The second kappa shape index (κ2) is 8.14. The first-order valence-corrected chi connectivity index (χ1v) is 8.92. The molecule has 0 unspecified atom stereocenters. The zero-order valence-corrected chi connectivity index (χ0v) is 15.0. The number of benzene rings is 1. The highest BCUT2D eigenvalue weighted by molar-refractivity contribution is 5.76. The number of nitrogens with one attached hydrogen (secondary N) is 1. The lowest BCUT2D eigenvalue weighted by molar-refractivity contribution is -0.123. The van der Waals surface area contributed by atoms with Crippen LogP contribution in [0.2, 0.25) is 0 Å². The molecule has 0 radical (unpaired) electrons. The van der Waals surface area contributed by atoms with Gasteiger partial charge in [-0.05, 0) is 38.4 Å². The van der Waals surface area contributed by atoms with Gasteiger partial charge in [-0.15, -0.1) is 0 Å². The lowest BCUT2D eigenvalue weighted by atomic mass is 9.97. The number of piperidine rings is 1. The standard InChI is InChI=1S/C19H25N5O2/c1-13-11-17(23-19(22-13)15-6-2-3-7-16(15)25)21-8-10-24-9-4-5-14(12-24)18(20)26/h2-3,6-7,11,14,25H,4-5,8-10,12H2,1H3,(H2,20,26)(H,21,22,23)/t14-/m1/s1. The van der Waals surface area contributed by atoms with Gasteiger partial charge in [0.15, 0.2) is 5.82 Å². The van der Waals surface area contributed by atoms with Gasteiger partial charge in [0.05, 0.1) is 11.5 Å². The molecule has 1 fully saturated rings. The van der Waals surface area contributed by atoms with E-state index in [0.717, 1.165) is 44.0 Å². The molecule has 0 aliphatic carbocycles. The number of aryl methyl sites for hydroxylation is 1. The van der Waals surface area contributed by atoms with Crippen LogP contribution < -0.4 is 11.1 Å². The Morgan fingerprint density at radius 3 is 2.96 bits per heavy atom. The van der Waals surface area contributed by atoms with E-state index in [0.29, 0.717) is 17.9 Å². The number of anilines is 1. The summed E-state index contributed by atoms with van der Waals surface area (Å²) in [5.74, 6) is 1.13. The average Bonchev–Trinajstić information content (AvgIpc) is 2.62. The molecule has 1 aromatic heterocycles. The highest BCUT2D eigenvalue weighted by Gasteiger charge is 2.23. The van der Waals surface area contributed by atoms with E-state index >= 15 is 0 Å². The Kier molecular flexibility index (Phi) is 5.68. The van der Waals surface area contributed by atoms with Gasteiger partial charge in [-0.25, -0.2) is 9.97 Å². The number of hydrogen-bond acceptors (Lipinski definition) is 6. The zero-order chi connectivity index (χ0) is 18.5. The first kappa shape index (κ1) is 18.1. The molecule has 26 heavy (non-hydrogen) atoms. The second-order valence-electron chi connectivity index (χ2n) is 6.70. The number of aromatic hydroxyl groups is 1. The highest BCUT2D eigenvalue weighted by atomic mass is 16.3. The van der Waals surface area contributed by atoms with Crippen molar-refractivity contribution in [3.05, 3.63) is 36.0 Å². The lowest BCUT2D eigenvalue weighted by Gasteiger charge is -2.31. The van der Waals surface area contributed by atoms with Crippen molar-refractivity contribution < 1.29 is 9.90 Å². The molecule has 3 rings (SSSR count). The van der Waals surface area contributed by atoms with Gasteiger partial charge >= 0.3 is 0 Å². The fourth-order valence-electron chi connectivity index (χ4n) is 3.28. The van der Waals surface area contributed by atoms with E-state index in [4.69, 9.17) is 5.73 Å². The summed E-state index contributed by atoms with van der Waals surface area (Å²) in [5.41, 5.74) is 6.87. The van der Waals surface area contributed by atoms with Crippen LogP contribution in [0.1, 0.15) is 18.5 Å². The van der Waals surface area contributed by atoms with Gasteiger partial charge in [0.1, 0.15) is 11.6 Å². The molecule has 7 nitrogen and oxygen atoms in total. The summed E-state index contributed by atoms with van der Waals surface area (Å²) in [4.78, 5) is 22.6. The normalized spacial score (nSPS) is 17.8. The quantitative estimate of drug-likeness (QED) is 0.729. The van der Waals surface area contributed by atoms with Crippen LogP contribution in [0.25, 0.3) is 11.4 Å². The smallest absolute Gasteiger partial charge is 0.221 e. The van der Waals surface area contributed by atoms with E-state index in [1.165, 1.54) is 0 Å². The summed E-state index contributed by atoms with van der Waals surface area (Å²) in [6.07, 6.45) is 1.88. The molecule has 1 saturated heterocycles. The molecular formula is C19H25N5O2. The van der Waals surface area contributed by atoms with Crippen LogP contribution >= 0.6 is 0 Å². The molecule has 0 spiro atoms. The van der Waals surface area contributed by atoms with E-state index in [2.05, 4.69) is 20.2 Å². The first-order valence-electron chi connectivity index (χ1n) is 8.92. The number of primary amides is 1. The summed E-state index contributed by atoms with van der Waals surface area (Å²) in [5, 5.41) is 13.3. The number of likely N-dealkylation sites (tertiary alicyclic amines) is 1. The summed E-state index contributed by atoms with van der Waals surface area (Å²) >= 11 is 0. The Morgan fingerprint density at radius 2 is 2.19 bits per heavy atom. The molecule has 7 heteroatoms. The van der Waals surface area contributed by atoms with Crippen molar-refractivity contribution >= 4 is 11.7 Å². The molecule has 4 N–H and O–H groups in total. The predicted octanol–water partition coefficient (Wildman–Crippen LogP) is 1.77. The van der Waals surface area contributed by atoms with Crippen molar-refractivity contribution in [2.45, 2.75) is 19.8 Å². The van der Waals surface area contributed by atoms with E-state index in [1.807, 2.05) is 19.1 Å². The Balaban J connectivity index is 1.62. The van der Waals surface area contributed by atoms with Crippen LogP contribution in [0, 0.1) is 12.8 Å². The van der Waals surface area contributed by atoms with Crippen molar-refractivity contribution in [1.29, 1.82) is 0 Å². The summed E-state index contributed by atoms with van der Waals surface area (Å²) in [6.45, 7) is 5.14. The number of nitrogens with zero attached hydrogens (tertiary/aromatic N) is 3. The number of rotatable bonds is 6. The van der Waals surface area contributed by atoms with E-state index in [-0.39, 0.29) is 17.6 Å². The Bertz CT molecular complexity index is 780. The minimum Gasteiger partial charge on any atom is -0.507 e. The molecule has 138 valence electrons. The number of amides is 1. The van der Waals surface area contributed by atoms with Crippen molar-refractivity contribution in [2.75, 3.05) is 31.5 Å². The van der Waals surface area contributed by atoms with Gasteiger partial charge in [-0.3, -0.25) is 4.79 Å². The summed E-state index contributed by atoms with van der Waals surface area (Å²) in [6, 6.07) is 8.92. The van der Waals surface area contributed by atoms with E-state index in [1.54, 1.807) is 18.2 Å². The molecular weight excluding hydrogens is 330 g/mol. The zero-order valence-electron chi connectivity index (χ0n) is 15.0. The average molecular weight is 355 g/mol. The van der Waals surface area contributed by atoms with Crippen LogP contribution in [-0.2, 0) is 4.79 Å². The Labute approximate surface area is 153 Å². The third-order valence-electron chi connectivity index (χ3n) is 4.64. The predicted molar refractivity (Wildman–Crippen MR) is 101 cm³/mol. The maximum atomic E-state index is 11.4. The van der Waals surface area contributed by atoms with Crippen molar-refractivity contribution in [3.63, 3.8) is 0 Å². The van der Waals surface area contributed by atoms with Gasteiger partial charge in [0, 0.05) is 31.4 Å². The molecule has 1 atom stereocenters. The van der Waals surface area contributed by atoms with Gasteiger partial charge < -0.3 is 21.1 Å². The SMILES string of the molecule is Cc1cc(NCCN2CCC[C@@H](C(N)=O)C2)nc(-c2ccccc2O)n1. The Hall–Kier alpha value is -2.67. The molecule has 1 aliphatic rings. The van der Waals surface area contributed by atoms with Crippen LogP contribution in [0.15, 0.2) is 30.3 Å². The molecule has 2 aromatic rings. The van der Waals surface area contributed by atoms with Crippen LogP contribution in [0.3, 0.4) is 0 Å². The third-order valence-corrected chi connectivity index (χ3v) is 4.64. The molecule has 1 amide bonds. The lowest BCUT2D eigenvalue weighted by Crippen LogP contribution is -2.42. The number of hydrogen-bond donors (Lipinski definition) is 3. The second-order valence-corrected chi connectivity index (χ2v) is 6.70. The van der Waals surface area contributed by atoms with Crippen molar-refractivity contribution in [1.82, 2.24) is 14.9 Å². The van der Waals surface area contributed by atoms with Gasteiger partial charge in [0.25, 0.3) is 0 Å². The highest BCUT2D eigenvalue weighted by Crippen LogP contribution is 2.26. The summed E-state index contributed by atoms with van der Waals surface area (Å²) < 4.78 is 0. The monoisotopic (exact) mass is 355 g/mol. The third kappa shape index (κ3) is 4.49. The fraction of sp³-hybridized carbons (Fsp3) is 0.421. The van der Waals surface area contributed by atoms with Gasteiger partial charge in [-0.2, -0.15) is 0 Å². The fourth-order valence-corrected chi connectivity index (χ4v) is 3.28. The summed E-state index contributed by atoms with van der Waals surface area (Å²) in [7, 11) is 0. The number of para-hydroxylation sites is 1. The number of nitrogens with two attached hydrogens (primary N) is 1. The number of phenolic OH excluding ortho intramolecular Hbond substituents is 1. The van der Waals surface area contributed by atoms with Gasteiger partial charge in [0.2, 0.25) is 5.91 Å². The molecule has 0 bridgehead atoms. The minimum absolute atomic E-state index is 0.0438. The minimum atomic E-state index is -0.207. The van der Waals surface area contributed by atoms with Crippen LogP contribution in [0.4, 0.5) is 5.82 Å².